The molecule has 0 aliphatic rings. The van der Waals surface area contributed by atoms with Crippen molar-refractivity contribution < 1.29 is 9.53 Å². The highest BCUT2D eigenvalue weighted by atomic mass is 35.5. The molecule has 0 aliphatic carbocycles. The molecule has 29 heavy (non-hydrogen) atoms. The Morgan fingerprint density at radius 2 is 1.86 bits per heavy atom. The summed E-state index contributed by atoms with van der Waals surface area (Å²) in [5.41, 5.74) is 1.04. The molecule has 152 valence electrons. The van der Waals surface area contributed by atoms with Gasteiger partial charge in [0.1, 0.15) is 5.75 Å². The molecule has 3 rings (SSSR count). The zero-order valence-corrected chi connectivity index (χ0v) is 18.5. The molecule has 0 aliphatic heterocycles. The molecule has 0 saturated carbocycles. The average Bonchev–Trinajstić information content (AvgIpc) is 2.72. The molecule has 0 aromatic heterocycles. The Kier molecular flexibility index (Phi) is 8.10. The molecule has 3 aromatic rings. The first kappa shape index (κ1) is 21.8. The van der Waals surface area contributed by atoms with Gasteiger partial charge in [0.05, 0.1) is 0 Å². The summed E-state index contributed by atoms with van der Waals surface area (Å²) in [6, 6.07) is 19.5. The fourth-order valence-corrected chi connectivity index (χ4v) is 4.33. The summed E-state index contributed by atoms with van der Waals surface area (Å²) in [5, 5.41) is 6.51. The third-order valence-corrected chi connectivity index (χ3v) is 6.08. The predicted molar refractivity (Wildman–Crippen MR) is 124 cm³/mol. The minimum Gasteiger partial charge on any atom is -0.481 e. The molecule has 0 fully saturated rings. The van der Waals surface area contributed by atoms with Crippen LogP contribution in [0.3, 0.4) is 0 Å². The lowest BCUT2D eigenvalue weighted by Gasteiger charge is -2.17. The van der Waals surface area contributed by atoms with E-state index in [2.05, 4.69) is 11.4 Å². The predicted octanol–water partition coefficient (Wildman–Crippen LogP) is 6.35. The summed E-state index contributed by atoms with van der Waals surface area (Å²) in [4.78, 5) is 12.5. The third-order valence-electron chi connectivity index (χ3n) is 4.48. The normalized spacial score (nSPS) is 12.0. The number of fused-ring (bicyclic) bond motifs is 1. The van der Waals surface area contributed by atoms with Gasteiger partial charge >= 0.3 is 0 Å². The Bertz CT molecular complexity index is 980. The minimum atomic E-state index is -0.508. The topological polar surface area (TPSA) is 38.3 Å². The quantitative estimate of drug-likeness (QED) is 0.388. The second kappa shape index (κ2) is 10.8. The molecule has 0 saturated heterocycles. The van der Waals surface area contributed by atoms with Crippen molar-refractivity contribution in [1.82, 2.24) is 5.32 Å². The van der Waals surface area contributed by atoms with Gasteiger partial charge in [-0.3, -0.25) is 4.79 Å². The van der Waals surface area contributed by atoms with Crippen molar-refractivity contribution in [1.29, 1.82) is 0 Å². The van der Waals surface area contributed by atoms with E-state index in [9.17, 15) is 4.79 Å². The van der Waals surface area contributed by atoms with Crippen molar-refractivity contribution in [3.8, 4) is 5.75 Å². The molecular weight excluding hydrogens is 425 g/mol. The van der Waals surface area contributed by atoms with E-state index < -0.39 is 6.10 Å². The summed E-state index contributed by atoms with van der Waals surface area (Å²) < 4.78 is 5.94. The third kappa shape index (κ3) is 6.30. The molecular formula is C23H23Cl2NO2S. The molecule has 3 nitrogen and oxygen atoms in total. The van der Waals surface area contributed by atoms with Crippen LogP contribution in [0.4, 0.5) is 0 Å². The number of carbonyl (C=O) groups excluding carboxylic acids is 1. The molecule has 0 radical (unpaired) electrons. The highest BCUT2D eigenvalue weighted by Crippen LogP contribution is 2.25. The van der Waals surface area contributed by atoms with E-state index in [0.29, 0.717) is 28.8 Å². The molecule has 0 unspecified atom stereocenters. The number of amides is 1. The van der Waals surface area contributed by atoms with Gasteiger partial charge in [-0.15, -0.1) is 0 Å². The summed E-state index contributed by atoms with van der Waals surface area (Å²) in [5.74, 6) is 2.18. The van der Waals surface area contributed by atoms with Crippen LogP contribution < -0.4 is 10.1 Å². The van der Waals surface area contributed by atoms with Gasteiger partial charge in [-0.05, 0) is 47.0 Å². The van der Waals surface area contributed by atoms with Gasteiger partial charge in [-0.2, -0.15) is 11.8 Å². The second-order valence-corrected chi connectivity index (χ2v) is 8.55. The van der Waals surface area contributed by atoms with Crippen LogP contribution in [-0.2, 0) is 10.5 Å². The number of ether oxygens (including phenoxy) is 1. The number of benzene rings is 3. The lowest BCUT2D eigenvalue weighted by Crippen LogP contribution is -2.39. The van der Waals surface area contributed by atoms with Crippen molar-refractivity contribution in [3.05, 3.63) is 76.3 Å². The van der Waals surface area contributed by atoms with Crippen LogP contribution in [-0.4, -0.2) is 24.3 Å². The number of hydrogen-bond donors (Lipinski definition) is 1. The fourth-order valence-electron chi connectivity index (χ4n) is 2.91. The Morgan fingerprint density at radius 1 is 1.07 bits per heavy atom. The molecule has 0 spiro atoms. The highest BCUT2D eigenvalue weighted by Gasteiger charge is 2.18. The van der Waals surface area contributed by atoms with Gasteiger partial charge in [0.2, 0.25) is 0 Å². The Hall–Kier alpha value is -1.88. The molecule has 3 aromatic carbocycles. The zero-order chi connectivity index (χ0) is 20.6. The Balaban J connectivity index is 1.45. The summed E-state index contributed by atoms with van der Waals surface area (Å²) in [6.45, 7) is 2.52. The van der Waals surface area contributed by atoms with Gasteiger partial charge in [0, 0.05) is 28.1 Å². The van der Waals surface area contributed by atoms with Crippen LogP contribution >= 0.6 is 35.0 Å². The number of carbonyl (C=O) groups is 1. The van der Waals surface area contributed by atoms with Gasteiger partial charge < -0.3 is 10.1 Å². The Morgan fingerprint density at radius 3 is 2.62 bits per heavy atom. The molecule has 0 bridgehead atoms. The first-order valence-electron chi connectivity index (χ1n) is 9.51. The van der Waals surface area contributed by atoms with Crippen molar-refractivity contribution in [2.75, 3.05) is 12.3 Å². The van der Waals surface area contributed by atoms with Gasteiger partial charge in [0.15, 0.2) is 6.10 Å². The zero-order valence-electron chi connectivity index (χ0n) is 16.2. The minimum absolute atomic E-state index is 0.0919. The van der Waals surface area contributed by atoms with Crippen molar-refractivity contribution >= 4 is 51.6 Å². The second-order valence-electron chi connectivity index (χ2n) is 6.60. The van der Waals surface area contributed by atoms with Crippen LogP contribution in [0.2, 0.25) is 10.0 Å². The molecule has 6 heteroatoms. The van der Waals surface area contributed by atoms with Crippen molar-refractivity contribution in [2.45, 2.75) is 25.2 Å². The van der Waals surface area contributed by atoms with E-state index >= 15 is 0 Å². The van der Waals surface area contributed by atoms with Crippen LogP contribution in [0.1, 0.15) is 18.9 Å². The number of halogens is 2. The lowest BCUT2D eigenvalue weighted by atomic mass is 10.1. The van der Waals surface area contributed by atoms with Crippen LogP contribution in [0.15, 0.2) is 60.7 Å². The average molecular weight is 448 g/mol. The first-order valence-corrected chi connectivity index (χ1v) is 11.4. The smallest absolute Gasteiger partial charge is 0.261 e. The summed E-state index contributed by atoms with van der Waals surface area (Å²) in [6.07, 6.45) is 0.0958. The maximum absolute atomic E-state index is 12.5. The van der Waals surface area contributed by atoms with Gasteiger partial charge in [-0.1, -0.05) is 66.5 Å². The van der Waals surface area contributed by atoms with E-state index in [1.54, 1.807) is 17.8 Å². The van der Waals surface area contributed by atoms with E-state index in [-0.39, 0.29) is 5.91 Å². The lowest BCUT2D eigenvalue weighted by molar-refractivity contribution is -0.127. The first-order chi connectivity index (χ1) is 14.1. The largest absolute Gasteiger partial charge is 0.481 e. The standard InChI is InChI=1S/C23H23Cl2NO2S/c1-2-22(28-20-10-8-16-5-3-4-6-17(16)13-20)23(27)26-11-12-29-15-18-7-9-19(24)14-21(18)25/h3-10,13-14,22H,2,11-12,15H2,1H3,(H,26,27)/t22-/m1/s1. The van der Waals surface area contributed by atoms with E-state index in [1.807, 2.05) is 55.5 Å². The molecule has 1 N–H and O–H groups in total. The van der Waals surface area contributed by atoms with Crippen LogP contribution in [0.5, 0.6) is 5.75 Å². The maximum atomic E-state index is 12.5. The Labute approximate surface area is 185 Å². The molecule has 0 heterocycles. The monoisotopic (exact) mass is 447 g/mol. The molecule has 1 amide bonds. The van der Waals surface area contributed by atoms with Gasteiger partial charge in [0.25, 0.3) is 5.91 Å². The van der Waals surface area contributed by atoms with Crippen molar-refractivity contribution in [2.24, 2.45) is 0 Å². The van der Waals surface area contributed by atoms with E-state index in [0.717, 1.165) is 27.8 Å². The fraction of sp³-hybridized carbons (Fsp3) is 0.261. The number of thioether (sulfide) groups is 1. The highest BCUT2D eigenvalue weighted by molar-refractivity contribution is 7.98. The SMILES string of the molecule is CC[C@@H](Oc1ccc2ccccc2c1)C(=O)NCCSCc1ccc(Cl)cc1Cl. The van der Waals surface area contributed by atoms with Crippen molar-refractivity contribution in [3.63, 3.8) is 0 Å². The summed E-state index contributed by atoms with van der Waals surface area (Å²) in [7, 11) is 0. The van der Waals surface area contributed by atoms with E-state index in [1.165, 1.54) is 0 Å². The number of nitrogens with one attached hydrogen (secondary N) is 1. The van der Waals surface area contributed by atoms with Gasteiger partial charge in [-0.25, -0.2) is 0 Å². The van der Waals surface area contributed by atoms with Crippen LogP contribution in [0.25, 0.3) is 10.8 Å². The van der Waals surface area contributed by atoms with Crippen LogP contribution in [0, 0.1) is 0 Å². The number of hydrogen-bond acceptors (Lipinski definition) is 3. The summed E-state index contributed by atoms with van der Waals surface area (Å²) >= 11 is 13.8. The number of rotatable bonds is 9. The maximum Gasteiger partial charge on any atom is 0.261 e. The molecule has 1 atom stereocenters. The van der Waals surface area contributed by atoms with E-state index in [4.69, 9.17) is 27.9 Å².